The van der Waals surface area contributed by atoms with Crippen LogP contribution in [0.2, 0.25) is 24.7 Å². The summed E-state index contributed by atoms with van der Waals surface area (Å²) in [6.07, 6.45) is 2.46. The molecule has 4 nitrogen and oxygen atoms in total. The number of rotatable bonds is 12. The van der Waals surface area contributed by atoms with Crippen LogP contribution in [0, 0.1) is 0 Å². The van der Waals surface area contributed by atoms with Crippen LogP contribution in [0.1, 0.15) is 40.5 Å². The van der Waals surface area contributed by atoms with Gasteiger partial charge in [-0.15, -0.1) is 0 Å². The van der Waals surface area contributed by atoms with E-state index in [1.807, 2.05) is 6.55 Å². The van der Waals surface area contributed by atoms with Crippen molar-refractivity contribution in [1.82, 2.24) is 4.57 Å². The van der Waals surface area contributed by atoms with Crippen LogP contribution in [0.4, 0.5) is 0 Å². The van der Waals surface area contributed by atoms with Crippen LogP contribution >= 0.6 is 0 Å². The third kappa shape index (κ3) is 5.57. The summed E-state index contributed by atoms with van der Waals surface area (Å²) in [5.41, 5.74) is 0. The van der Waals surface area contributed by atoms with Gasteiger partial charge in [0.25, 0.3) is 0 Å². The zero-order valence-corrected chi connectivity index (χ0v) is 16.6. The lowest BCUT2D eigenvalue weighted by molar-refractivity contribution is 0.0675. The van der Waals surface area contributed by atoms with Crippen LogP contribution in [0.5, 0.6) is 0 Å². The van der Waals surface area contributed by atoms with E-state index in [1.54, 1.807) is 14.2 Å². The number of unbranched alkanes of at least 4 members (excludes halogenated alkanes) is 1. The van der Waals surface area contributed by atoms with Gasteiger partial charge >= 0.3 is 8.80 Å². The molecule has 122 valence electrons. The Morgan fingerprint density at radius 2 is 1.40 bits per heavy atom. The molecule has 0 unspecified atom stereocenters. The molecule has 0 aromatic carbocycles. The molecular weight excluding hydrogens is 286 g/mol. The zero-order chi connectivity index (χ0) is 15.6. The quantitative estimate of drug-likeness (QED) is 0.402. The third-order valence-electron chi connectivity index (χ3n) is 4.65. The molecule has 0 aromatic rings. The van der Waals surface area contributed by atoms with Crippen LogP contribution in [-0.2, 0) is 13.3 Å². The standard InChI is InChI=1S/C14H35NO3Si2/c1-8-12-13-15(20(9-2,10-3)11-4)14-18-19(7,16-5)17-6/h8-14H2,1-7H3. The van der Waals surface area contributed by atoms with Crippen LogP contribution in [0.25, 0.3) is 0 Å². The summed E-state index contributed by atoms with van der Waals surface area (Å²) in [6, 6.07) is 3.85. The second-order valence-electron chi connectivity index (χ2n) is 5.45. The van der Waals surface area contributed by atoms with Crippen molar-refractivity contribution in [1.29, 1.82) is 0 Å². The fraction of sp³-hybridized carbons (Fsp3) is 1.00. The molecule has 0 amide bonds. The highest BCUT2D eigenvalue weighted by atomic mass is 28.4. The SMILES string of the molecule is CCCCN(CO[Si](C)(OC)OC)[Si](CC)(CC)CC. The van der Waals surface area contributed by atoms with Gasteiger partial charge in [0.05, 0.1) is 6.73 Å². The van der Waals surface area contributed by atoms with Crippen molar-refractivity contribution in [3.8, 4) is 0 Å². The van der Waals surface area contributed by atoms with E-state index in [2.05, 4.69) is 32.3 Å². The second-order valence-corrected chi connectivity index (χ2v) is 13.5. The average Bonchev–Trinajstić information content (AvgIpc) is 2.50. The van der Waals surface area contributed by atoms with E-state index in [1.165, 1.54) is 31.0 Å². The van der Waals surface area contributed by atoms with Gasteiger partial charge in [0.2, 0.25) is 0 Å². The Balaban J connectivity index is 4.87. The van der Waals surface area contributed by atoms with Crippen molar-refractivity contribution in [2.75, 3.05) is 27.5 Å². The van der Waals surface area contributed by atoms with Gasteiger partial charge in [-0.05, 0) is 31.1 Å². The molecule has 0 atom stereocenters. The summed E-state index contributed by atoms with van der Waals surface area (Å²) in [5, 5.41) is 0. The Kier molecular flexibility index (Phi) is 10.2. The zero-order valence-electron chi connectivity index (χ0n) is 14.6. The summed E-state index contributed by atoms with van der Waals surface area (Å²) >= 11 is 0. The first-order chi connectivity index (χ1) is 9.47. The highest BCUT2D eigenvalue weighted by Crippen LogP contribution is 2.26. The van der Waals surface area contributed by atoms with E-state index < -0.39 is 17.0 Å². The average molecular weight is 322 g/mol. The van der Waals surface area contributed by atoms with Gasteiger partial charge in [0.1, 0.15) is 8.24 Å². The molecule has 0 radical (unpaired) electrons. The number of nitrogens with zero attached hydrogens (tertiary/aromatic N) is 1. The minimum absolute atomic E-state index is 0.659. The molecule has 6 heteroatoms. The van der Waals surface area contributed by atoms with Crippen LogP contribution in [0.3, 0.4) is 0 Å². The molecule has 0 N–H and O–H groups in total. The first kappa shape index (κ1) is 20.3. The lowest BCUT2D eigenvalue weighted by Crippen LogP contribution is -2.55. The van der Waals surface area contributed by atoms with Crippen molar-refractivity contribution in [2.45, 2.75) is 65.2 Å². The summed E-state index contributed by atoms with van der Waals surface area (Å²) in [7, 11) is -0.472. The number of hydrogen-bond donors (Lipinski definition) is 0. The van der Waals surface area contributed by atoms with Gasteiger partial charge in [0, 0.05) is 20.8 Å². The molecule has 20 heavy (non-hydrogen) atoms. The molecule has 0 bridgehead atoms. The first-order valence-electron chi connectivity index (χ1n) is 7.96. The van der Waals surface area contributed by atoms with E-state index in [9.17, 15) is 0 Å². The Morgan fingerprint density at radius 1 is 0.900 bits per heavy atom. The van der Waals surface area contributed by atoms with Crippen molar-refractivity contribution in [2.24, 2.45) is 0 Å². The lowest BCUT2D eigenvalue weighted by atomic mass is 10.3. The normalized spacial score (nSPS) is 13.2. The Bertz CT molecular complexity index is 238. The summed E-state index contributed by atoms with van der Waals surface area (Å²) in [6.45, 7) is 13.0. The monoisotopic (exact) mass is 321 g/mol. The predicted octanol–water partition coefficient (Wildman–Crippen LogP) is 3.93. The predicted molar refractivity (Wildman–Crippen MR) is 90.4 cm³/mol. The first-order valence-corrected chi connectivity index (χ1v) is 12.8. The highest BCUT2D eigenvalue weighted by molar-refractivity contribution is 6.77. The molecule has 0 saturated carbocycles. The minimum atomic E-state index is -2.44. The van der Waals surface area contributed by atoms with Gasteiger partial charge in [-0.2, -0.15) is 0 Å². The van der Waals surface area contributed by atoms with Gasteiger partial charge in [0.15, 0.2) is 0 Å². The van der Waals surface area contributed by atoms with Gasteiger partial charge in [-0.3, -0.25) is 0 Å². The summed E-state index contributed by atoms with van der Waals surface area (Å²) in [5.74, 6) is 0. The molecular formula is C14H35NO3Si2. The maximum absolute atomic E-state index is 6.05. The molecule has 0 fully saturated rings. The fourth-order valence-corrected chi connectivity index (χ4v) is 7.34. The molecule has 0 aliphatic heterocycles. The highest BCUT2D eigenvalue weighted by Gasteiger charge is 2.38. The van der Waals surface area contributed by atoms with Crippen LogP contribution in [-0.4, -0.2) is 49.1 Å². The number of hydrogen-bond acceptors (Lipinski definition) is 4. The van der Waals surface area contributed by atoms with Crippen LogP contribution < -0.4 is 0 Å². The van der Waals surface area contributed by atoms with Crippen LogP contribution in [0.15, 0.2) is 0 Å². The smallest absolute Gasteiger partial charge is 0.377 e. The van der Waals surface area contributed by atoms with Gasteiger partial charge in [-0.1, -0.05) is 34.1 Å². The second kappa shape index (κ2) is 10.1. The summed E-state index contributed by atoms with van der Waals surface area (Å²) in [4.78, 5) is 0. The molecule has 0 aromatic heterocycles. The van der Waals surface area contributed by atoms with Crippen molar-refractivity contribution in [3.05, 3.63) is 0 Å². The fourth-order valence-electron chi connectivity index (χ4n) is 2.60. The Hall–Kier alpha value is 0.274. The van der Waals surface area contributed by atoms with E-state index in [-0.39, 0.29) is 0 Å². The molecule has 0 saturated heterocycles. The Morgan fingerprint density at radius 3 is 1.75 bits per heavy atom. The molecule has 0 rings (SSSR count). The van der Waals surface area contributed by atoms with E-state index in [4.69, 9.17) is 13.3 Å². The van der Waals surface area contributed by atoms with Crippen molar-refractivity contribution >= 4 is 17.0 Å². The molecule has 0 heterocycles. The molecule has 0 aliphatic carbocycles. The molecule has 0 aliphatic rings. The van der Waals surface area contributed by atoms with E-state index in [0.29, 0.717) is 6.73 Å². The topological polar surface area (TPSA) is 30.9 Å². The van der Waals surface area contributed by atoms with E-state index >= 15 is 0 Å². The Labute approximate surface area is 128 Å². The summed E-state index contributed by atoms with van der Waals surface area (Å²) < 4.78 is 19.6. The maximum atomic E-state index is 6.05. The van der Waals surface area contributed by atoms with Crippen molar-refractivity contribution in [3.63, 3.8) is 0 Å². The third-order valence-corrected chi connectivity index (χ3v) is 12.4. The van der Waals surface area contributed by atoms with Gasteiger partial charge < -0.3 is 17.8 Å². The van der Waals surface area contributed by atoms with E-state index in [0.717, 1.165) is 6.54 Å². The molecule has 0 spiro atoms. The largest absolute Gasteiger partial charge is 0.498 e. The van der Waals surface area contributed by atoms with Gasteiger partial charge in [-0.25, -0.2) is 0 Å². The maximum Gasteiger partial charge on any atom is 0.498 e. The van der Waals surface area contributed by atoms with Crippen molar-refractivity contribution < 1.29 is 13.3 Å². The lowest BCUT2D eigenvalue weighted by Gasteiger charge is -2.42. The minimum Gasteiger partial charge on any atom is -0.377 e.